The number of aromatic nitrogens is 1. The van der Waals surface area contributed by atoms with Crippen LogP contribution in [0.4, 0.5) is 0 Å². The number of rotatable bonds is 1. The van der Waals surface area contributed by atoms with Gasteiger partial charge < -0.3 is 5.73 Å². The summed E-state index contributed by atoms with van der Waals surface area (Å²) in [6.45, 7) is 4.65. The zero-order chi connectivity index (χ0) is 12.8. The van der Waals surface area contributed by atoms with E-state index in [0.717, 1.165) is 6.42 Å². The molecule has 2 aliphatic rings. The van der Waals surface area contributed by atoms with Crippen LogP contribution in [0.2, 0.25) is 0 Å². The zero-order valence-corrected chi connectivity index (χ0v) is 12.4. The van der Waals surface area contributed by atoms with E-state index in [9.17, 15) is 0 Å². The fraction of sp³-hybridized carbons (Fsp3) is 0.800. The van der Waals surface area contributed by atoms with E-state index in [1.54, 1.807) is 0 Å². The first-order valence-electron chi connectivity index (χ1n) is 7.31. The second-order valence-electron chi connectivity index (χ2n) is 6.66. The zero-order valence-electron chi connectivity index (χ0n) is 11.6. The second kappa shape index (κ2) is 4.31. The molecule has 1 unspecified atom stereocenters. The maximum atomic E-state index is 6.82. The molecule has 0 radical (unpaired) electrons. The van der Waals surface area contributed by atoms with Crippen LogP contribution in [0.15, 0.2) is 0 Å². The molecule has 1 aromatic heterocycles. The summed E-state index contributed by atoms with van der Waals surface area (Å²) in [5.74, 6) is 0. The summed E-state index contributed by atoms with van der Waals surface area (Å²) in [6.07, 6.45) is 9.93. The maximum Gasteiger partial charge on any atom is 0.114 e. The molecule has 0 amide bonds. The number of aryl methyl sites for hydroxylation is 2. The van der Waals surface area contributed by atoms with E-state index in [4.69, 9.17) is 10.7 Å². The molecule has 2 N–H and O–H groups in total. The number of fused-ring (bicyclic) bond motifs is 1. The minimum Gasteiger partial charge on any atom is -0.319 e. The van der Waals surface area contributed by atoms with Crippen molar-refractivity contribution in [3.63, 3.8) is 0 Å². The molecule has 0 bridgehead atoms. The number of hydrogen-bond donors (Lipinski definition) is 1. The van der Waals surface area contributed by atoms with Crippen molar-refractivity contribution in [1.82, 2.24) is 4.98 Å². The quantitative estimate of drug-likeness (QED) is 0.838. The fourth-order valence-corrected chi connectivity index (χ4v) is 4.93. The summed E-state index contributed by atoms with van der Waals surface area (Å²) >= 11 is 1.91. The van der Waals surface area contributed by atoms with Gasteiger partial charge in [-0.3, -0.25) is 0 Å². The lowest BCUT2D eigenvalue weighted by atomic mass is 9.64. The number of thiazole rings is 1. The number of nitrogens with two attached hydrogens (primary N) is 1. The Kier molecular flexibility index (Phi) is 3.02. The molecule has 100 valence electrons. The fourth-order valence-electron chi connectivity index (χ4n) is 3.47. The van der Waals surface area contributed by atoms with E-state index in [0.29, 0.717) is 0 Å². The van der Waals surface area contributed by atoms with Gasteiger partial charge in [0.05, 0.1) is 11.2 Å². The molecule has 0 aromatic carbocycles. The normalized spacial score (nSPS) is 31.1. The molecule has 0 spiro atoms. The van der Waals surface area contributed by atoms with Crippen LogP contribution >= 0.6 is 11.3 Å². The summed E-state index contributed by atoms with van der Waals surface area (Å²) in [5.41, 5.74) is 8.17. The minimum atomic E-state index is -0.187. The van der Waals surface area contributed by atoms with E-state index in [2.05, 4.69) is 13.8 Å². The van der Waals surface area contributed by atoms with Crippen LogP contribution in [0.25, 0.3) is 0 Å². The molecule has 18 heavy (non-hydrogen) atoms. The molecule has 1 atom stereocenters. The Morgan fingerprint density at radius 1 is 1.06 bits per heavy atom. The lowest BCUT2D eigenvalue weighted by Crippen LogP contribution is -2.51. The van der Waals surface area contributed by atoms with E-state index >= 15 is 0 Å². The Hall–Kier alpha value is -0.410. The van der Waals surface area contributed by atoms with Crippen LogP contribution in [-0.2, 0) is 18.4 Å². The largest absolute Gasteiger partial charge is 0.319 e. The summed E-state index contributed by atoms with van der Waals surface area (Å²) in [4.78, 5) is 6.45. The van der Waals surface area contributed by atoms with Crippen molar-refractivity contribution in [3.8, 4) is 0 Å². The third kappa shape index (κ3) is 1.83. The summed E-state index contributed by atoms with van der Waals surface area (Å²) in [6, 6.07) is 0. The molecule has 0 saturated heterocycles. The van der Waals surface area contributed by atoms with Gasteiger partial charge in [-0.05, 0) is 43.9 Å². The van der Waals surface area contributed by atoms with Gasteiger partial charge >= 0.3 is 0 Å². The molecular weight excluding hydrogens is 240 g/mol. The molecule has 3 heteroatoms. The van der Waals surface area contributed by atoms with Crippen LogP contribution in [-0.4, -0.2) is 4.98 Å². The van der Waals surface area contributed by atoms with Crippen LogP contribution in [0, 0.1) is 5.41 Å². The molecular formula is C15H24N2S. The van der Waals surface area contributed by atoms with Crippen molar-refractivity contribution in [1.29, 1.82) is 0 Å². The highest BCUT2D eigenvalue weighted by Crippen LogP contribution is 2.50. The van der Waals surface area contributed by atoms with Gasteiger partial charge in [-0.15, -0.1) is 11.3 Å². The van der Waals surface area contributed by atoms with Crippen molar-refractivity contribution < 1.29 is 0 Å². The molecule has 2 aliphatic carbocycles. The Labute approximate surface area is 114 Å². The number of hydrogen-bond acceptors (Lipinski definition) is 3. The first kappa shape index (κ1) is 12.6. The van der Waals surface area contributed by atoms with Gasteiger partial charge in [0.2, 0.25) is 0 Å². The molecule has 1 heterocycles. The van der Waals surface area contributed by atoms with Crippen LogP contribution in [0.5, 0.6) is 0 Å². The van der Waals surface area contributed by atoms with Crippen LogP contribution in [0.1, 0.15) is 68.0 Å². The van der Waals surface area contributed by atoms with E-state index < -0.39 is 0 Å². The standard InChI is InChI=1S/C15H24N2S/c1-14(2)9-5-6-10-15(14,16)13-17-11-7-3-4-8-12(11)18-13/h3-10,16H2,1-2H3. The topological polar surface area (TPSA) is 38.9 Å². The van der Waals surface area contributed by atoms with Crippen molar-refractivity contribution >= 4 is 11.3 Å². The van der Waals surface area contributed by atoms with Crippen LogP contribution < -0.4 is 5.73 Å². The molecule has 2 nitrogen and oxygen atoms in total. The van der Waals surface area contributed by atoms with Crippen molar-refractivity contribution in [2.75, 3.05) is 0 Å². The van der Waals surface area contributed by atoms with Crippen molar-refractivity contribution in [2.24, 2.45) is 11.1 Å². The summed E-state index contributed by atoms with van der Waals surface area (Å²) in [5, 5.41) is 1.22. The summed E-state index contributed by atoms with van der Waals surface area (Å²) < 4.78 is 0. The van der Waals surface area contributed by atoms with E-state index in [-0.39, 0.29) is 11.0 Å². The monoisotopic (exact) mass is 264 g/mol. The highest BCUT2D eigenvalue weighted by atomic mass is 32.1. The predicted molar refractivity (Wildman–Crippen MR) is 76.9 cm³/mol. The Balaban J connectivity index is 1.99. The lowest BCUT2D eigenvalue weighted by Gasteiger charge is -2.46. The molecule has 0 aliphatic heterocycles. The Morgan fingerprint density at radius 3 is 2.50 bits per heavy atom. The summed E-state index contributed by atoms with van der Waals surface area (Å²) in [7, 11) is 0. The Bertz CT molecular complexity index is 426. The highest BCUT2D eigenvalue weighted by molar-refractivity contribution is 7.11. The highest BCUT2D eigenvalue weighted by Gasteiger charge is 2.47. The molecule has 3 rings (SSSR count). The van der Waals surface area contributed by atoms with E-state index in [1.165, 1.54) is 60.5 Å². The molecule has 1 saturated carbocycles. The van der Waals surface area contributed by atoms with E-state index in [1.807, 2.05) is 11.3 Å². The molecule has 1 fully saturated rings. The first-order valence-corrected chi connectivity index (χ1v) is 8.12. The first-order chi connectivity index (χ1) is 8.53. The third-order valence-electron chi connectivity index (χ3n) is 5.06. The average molecular weight is 264 g/mol. The average Bonchev–Trinajstić information content (AvgIpc) is 2.77. The van der Waals surface area contributed by atoms with Gasteiger partial charge in [-0.1, -0.05) is 26.7 Å². The van der Waals surface area contributed by atoms with Gasteiger partial charge in [-0.2, -0.15) is 0 Å². The Morgan fingerprint density at radius 2 is 1.78 bits per heavy atom. The number of nitrogens with zero attached hydrogens (tertiary/aromatic N) is 1. The van der Waals surface area contributed by atoms with Gasteiger partial charge in [0.25, 0.3) is 0 Å². The van der Waals surface area contributed by atoms with Gasteiger partial charge in [-0.25, -0.2) is 4.98 Å². The minimum absolute atomic E-state index is 0.186. The molecule has 1 aromatic rings. The third-order valence-corrected chi connectivity index (χ3v) is 6.39. The smallest absolute Gasteiger partial charge is 0.114 e. The second-order valence-corrected chi connectivity index (χ2v) is 7.74. The lowest BCUT2D eigenvalue weighted by molar-refractivity contribution is 0.0974. The maximum absolute atomic E-state index is 6.82. The van der Waals surface area contributed by atoms with Gasteiger partial charge in [0, 0.05) is 4.88 Å². The van der Waals surface area contributed by atoms with Crippen molar-refractivity contribution in [3.05, 3.63) is 15.6 Å². The van der Waals surface area contributed by atoms with Crippen molar-refractivity contribution in [2.45, 2.75) is 70.8 Å². The van der Waals surface area contributed by atoms with Gasteiger partial charge in [0.15, 0.2) is 0 Å². The predicted octanol–water partition coefficient (Wildman–Crippen LogP) is 3.78. The SMILES string of the molecule is CC1(C)CCCCC1(N)c1nc2c(s1)CCCC2. The van der Waals surface area contributed by atoms with Gasteiger partial charge in [0.1, 0.15) is 5.01 Å². The van der Waals surface area contributed by atoms with Crippen LogP contribution in [0.3, 0.4) is 0 Å².